The first kappa shape index (κ1) is 13.0. The third-order valence-electron chi connectivity index (χ3n) is 2.96. The molecule has 0 bridgehead atoms. The van der Waals surface area contributed by atoms with E-state index in [0.717, 1.165) is 32.0 Å². The highest BCUT2D eigenvalue weighted by Crippen LogP contribution is 2.21. The van der Waals surface area contributed by atoms with Crippen LogP contribution in [0.15, 0.2) is 18.2 Å². The molecule has 0 amide bonds. The molecule has 0 heterocycles. The number of rotatable bonds is 6. The van der Waals surface area contributed by atoms with Crippen molar-refractivity contribution in [2.75, 3.05) is 26.2 Å². The maximum atomic E-state index is 5.86. The molecule has 90 valence electrons. The van der Waals surface area contributed by atoms with Crippen molar-refractivity contribution in [2.24, 2.45) is 0 Å². The molecule has 2 heteroatoms. The summed E-state index contributed by atoms with van der Waals surface area (Å²) in [5, 5.41) is 0. The van der Waals surface area contributed by atoms with Crippen molar-refractivity contribution in [3.63, 3.8) is 0 Å². The standard InChI is InChI=1S/C14H23NO/c1-5-15(6-2)10-11-16-14-12(3)8-7-9-13(14)4/h7-9H,5-6,10-11H2,1-4H3. The van der Waals surface area contributed by atoms with Crippen LogP contribution >= 0.6 is 0 Å². The van der Waals surface area contributed by atoms with Crippen molar-refractivity contribution in [1.29, 1.82) is 0 Å². The van der Waals surface area contributed by atoms with Crippen molar-refractivity contribution >= 4 is 0 Å². The second-order valence-electron chi connectivity index (χ2n) is 4.10. The minimum atomic E-state index is 0.771. The first-order valence-electron chi connectivity index (χ1n) is 6.10. The molecule has 0 unspecified atom stereocenters. The van der Waals surface area contributed by atoms with Gasteiger partial charge in [-0.1, -0.05) is 32.0 Å². The van der Waals surface area contributed by atoms with E-state index in [4.69, 9.17) is 4.74 Å². The summed E-state index contributed by atoms with van der Waals surface area (Å²) in [6.07, 6.45) is 0. The van der Waals surface area contributed by atoms with Crippen molar-refractivity contribution in [2.45, 2.75) is 27.7 Å². The molecule has 0 radical (unpaired) electrons. The average molecular weight is 221 g/mol. The lowest BCUT2D eigenvalue weighted by Gasteiger charge is -2.19. The fourth-order valence-electron chi connectivity index (χ4n) is 1.84. The predicted molar refractivity (Wildman–Crippen MR) is 69.2 cm³/mol. The summed E-state index contributed by atoms with van der Waals surface area (Å²) in [6.45, 7) is 12.5. The number of hydrogen-bond donors (Lipinski definition) is 0. The maximum absolute atomic E-state index is 5.86. The van der Waals surface area contributed by atoms with Gasteiger partial charge in [0.05, 0.1) is 0 Å². The van der Waals surface area contributed by atoms with Crippen LogP contribution in [0, 0.1) is 13.8 Å². The summed E-state index contributed by atoms with van der Waals surface area (Å²) >= 11 is 0. The van der Waals surface area contributed by atoms with E-state index >= 15 is 0 Å². The lowest BCUT2D eigenvalue weighted by molar-refractivity contribution is 0.221. The van der Waals surface area contributed by atoms with Gasteiger partial charge in [-0.15, -0.1) is 0 Å². The third-order valence-corrected chi connectivity index (χ3v) is 2.96. The molecule has 0 fully saturated rings. The Balaban J connectivity index is 2.48. The number of para-hydroxylation sites is 1. The molecule has 0 saturated heterocycles. The van der Waals surface area contributed by atoms with Gasteiger partial charge in [-0.25, -0.2) is 0 Å². The van der Waals surface area contributed by atoms with Crippen LogP contribution < -0.4 is 4.74 Å². The zero-order valence-electron chi connectivity index (χ0n) is 10.9. The maximum Gasteiger partial charge on any atom is 0.125 e. The Morgan fingerprint density at radius 2 is 1.62 bits per heavy atom. The predicted octanol–water partition coefficient (Wildman–Crippen LogP) is 3.02. The van der Waals surface area contributed by atoms with Gasteiger partial charge in [0.1, 0.15) is 12.4 Å². The van der Waals surface area contributed by atoms with Crippen LogP contribution in [0.25, 0.3) is 0 Å². The van der Waals surface area contributed by atoms with Gasteiger partial charge in [-0.05, 0) is 38.1 Å². The molecule has 0 saturated carbocycles. The molecule has 0 spiro atoms. The Bertz CT molecular complexity index is 298. The molecule has 1 aromatic carbocycles. The van der Waals surface area contributed by atoms with E-state index in [0.29, 0.717) is 0 Å². The number of benzene rings is 1. The second kappa shape index (κ2) is 6.54. The highest BCUT2D eigenvalue weighted by atomic mass is 16.5. The number of ether oxygens (including phenoxy) is 1. The van der Waals surface area contributed by atoms with Crippen LogP contribution in [0.2, 0.25) is 0 Å². The molecule has 1 aromatic rings. The molecule has 0 aromatic heterocycles. The van der Waals surface area contributed by atoms with E-state index < -0.39 is 0 Å². The first-order valence-corrected chi connectivity index (χ1v) is 6.10. The average Bonchev–Trinajstić information content (AvgIpc) is 2.28. The van der Waals surface area contributed by atoms with E-state index in [-0.39, 0.29) is 0 Å². The SMILES string of the molecule is CCN(CC)CCOc1c(C)cccc1C. The molecule has 16 heavy (non-hydrogen) atoms. The largest absolute Gasteiger partial charge is 0.492 e. The third kappa shape index (κ3) is 3.53. The van der Waals surface area contributed by atoms with Gasteiger partial charge in [0.25, 0.3) is 0 Å². The highest BCUT2D eigenvalue weighted by Gasteiger charge is 2.04. The van der Waals surface area contributed by atoms with Gasteiger partial charge < -0.3 is 9.64 Å². The monoisotopic (exact) mass is 221 g/mol. The van der Waals surface area contributed by atoms with Gasteiger partial charge in [0.2, 0.25) is 0 Å². The van der Waals surface area contributed by atoms with Gasteiger partial charge >= 0.3 is 0 Å². The molecule has 2 nitrogen and oxygen atoms in total. The molecule has 0 aliphatic rings. The van der Waals surface area contributed by atoms with Crippen LogP contribution in [0.4, 0.5) is 0 Å². The van der Waals surface area contributed by atoms with E-state index in [1.54, 1.807) is 0 Å². The molecular formula is C14H23NO. The van der Waals surface area contributed by atoms with Crippen LogP contribution in [0.5, 0.6) is 5.75 Å². The summed E-state index contributed by atoms with van der Waals surface area (Å²) < 4.78 is 5.86. The Kier molecular flexibility index (Phi) is 5.33. The van der Waals surface area contributed by atoms with Crippen molar-refractivity contribution in [1.82, 2.24) is 4.90 Å². The minimum absolute atomic E-state index is 0.771. The molecule has 0 atom stereocenters. The molecular weight excluding hydrogens is 198 g/mol. The number of likely N-dealkylation sites (N-methyl/N-ethyl adjacent to an activating group) is 1. The molecule has 1 rings (SSSR count). The van der Waals surface area contributed by atoms with Gasteiger partial charge in [-0.3, -0.25) is 0 Å². The van der Waals surface area contributed by atoms with E-state index in [1.165, 1.54) is 11.1 Å². The van der Waals surface area contributed by atoms with Gasteiger partial charge in [-0.2, -0.15) is 0 Å². The zero-order valence-corrected chi connectivity index (χ0v) is 10.9. The topological polar surface area (TPSA) is 12.5 Å². The quantitative estimate of drug-likeness (QED) is 0.732. The second-order valence-corrected chi connectivity index (χ2v) is 4.10. The summed E-state index contributed by atoms with van der Waals surface area (Å²) in [5.74, 6) is 1.05. The lowest BCUT2D eigenvalue weighted by Crippen LogP contribution is -2.28. The fourth-order valence-corrected chi connectivity index (χ4v) is 1.84. The summed E-state index contributed by atoms with van der Waals surface area (Å²) in [7, 11) is 0. The number of hydrogen-bond acceptors (Lipinski definition) is 2. The molecule has 0 aliphatic heterocycles. The minimum Gasteiger partial charge on any atom is -0.492 e. The van der Waals surface area contributed by atoms with Gasteiger partial charge in [0, 0.05) is 6.54 Å². The normalized spacial score (nSPS) is 10.8. The van der Waals surface area contributed by atoms with E-state index in [2.05, 4.69) is 50.8 Å². The van der Waals surface area contributed by atoms with E-state index in [1.807, 2.05) is 0 Å². The summed E-state index contributed by atoms with van der Waals surface area (Å²) in [5.41, 5.74) is 2.44. The fraction of sp³-hybridized carbons (Fsp3) is 0.571. The van der Waals surface area contributed by atoms with Crippen molar-refractivity contribution in [3.05, 3.63) is 29.3 Å². The number of aryl methyl sites for hydroxylation is 2. The van der Waals surface area contributed by atoms with Crippen LogP contribution in [0.1, 0.15) is 25.0 Å². The Morgan fingerprint density at radius 1 is 1.06 bits per heavy atom. The van der Waals surface area contributed by atoms with Crippen LogP contribution in [0.3, 0.4) is 0 Å². The van der Waals surface area contributed by atoms with Crippen molar-refractivity contribution < 1.29 is 4.74 Å². The Morgan fingerprint density at radius 3 is 2.12 bits per heavy atom. The lowest BCUT2D eigenvalue weighted by atomic mass is 10.1. The molecule has 0 N–H and O–H groups in total. The zero-order chi connectivity index (χ0) is 12.0. The van der Waals surface area contributed by atoms with Crippen LogP contribution in [-0.2, 0) is 0 Å². The Labute approximate surface area is 99.2 Å². The summed E-state index contributed by atoms with van der Waals surface area (Å²) in [6, 6.07) is 6.27. The van der Waals surface area contributed by atoms with Crippen LogP contribution in [-0.4, -0.2) is 31.1 Å². The van der Waals surface area contributed by atoms with Crippen molar-refractivity contribution in [3.8, 4) is 5.75 Å². The number of nitrogens with zero attached hydrogens (tertiary/aromatic N) is 1. The van der Waals surface area contributed by atoms with E-state index in [9.17, 15) is 0 Å². The van der Waals surface area contributed by atoms with Gasteiger partial charge in [0.15, 0.2) is 0 Å². The Hall–Kier alpha value is -1.02. The highest BCUT2D eigenvalue weighted by molar-refractivity contribution is 5.39. The smallest absolute Gasteiger partial charge is 0.125 e. The molecule has 0 aliphatic carbocycles. The summed E-state index contributed by atoms with van der Waals surface area (Å²) in [4.78, 5) is 2.37. The first-order chi connectivity index (χ1) is 7.69.